The van der Waals surface area contributed by atoms with Gasteiger partial charge in [0, 0.05) is 36.9 Å². The van der Waals surface area contributed by atoms with Crippen molar-refractivity contribution in [2.75, 3.05) is 19.7 Å². The highest BCUT2D eigenvalue weighted by Gasteiger charge is 2.45. The number of pyridine rings is 1. The van der Waals surface area contributed by atoms with Crippen LogP contribution in [0.3, 0.4) is 0 Å². The van der Waals surface area contributed by atoms with Gasteiger partial charge in [-0.2, -0.15) is 0 Å². The number of carbonyl (C=O) groups excluding carboxylic acids is 2. The summed E-state index contributed by atoms with van der Waals surface area (Å²) in [6.45, 7) is 7.85. The van der Waals surface area contributed by atoms with E-state index in [2.05, 4.69) is 10.3 Å². The first-order chi connectivity index (χ1) is 11.9. The molecule has 6 nitrogen and oxygen atoms in total. The van der Waals surface area contributed by atoms with Crippen LogP contribution in [0.1, 0.15) is 49.0 Å². The van der Waals surface area contributed by atoms with Crippen LogP contribution in [-0.4, -0.2) is 53.5 Å². The maximum Gasteiger partial charge on any atom is 0.255 e. The van der Waals surface area contributed by atoms with Crippen molar-refractivity contribution in [1.29, 1.82) is 0 Å². The zero-order chi connectivity index (χ0) is 18.0. The summed E-state index contributed by atoms with van der Waals surface area (Å²) in [6, 6.07) is 1.82. The number of hydrogen-bond donors (Lipinski definition) is 1. The van der Waals surface area contributed by atoms with Gasteiger partial charge in [-0.25, -0.2) is 0 Å². The van der Waals surface area contributed by atoms with Crippen LogP contribution in [0.4, 0.5) is 0 Å². The van der Waals surface area contributed by atoms with Gasteiger partial charge in [0.15, 0.2) is 0 Å². The molecule has 2 amide bonds. The number of carbonyl (C=O) groups is 2. The fraction of sp³-hybridized carbons (Fsp3) is 0.632. The first-order valence-corrected chi connectivity index (χ1v) is 9.00. The Bertz CT molecular complexity index is 659. The van der Waals surface area contributed by atoms with Crippen molar-refractivity contribution in [2.45, 2.75) is 52.2 Å². The fourth-order valence-electron chi connectivity index (χ4n) is 3.51. The van der Waals surface area contributed by atoms with Gasteiger partial charge in [0.1, 0.15) is 6.10 Å². The van der Waals surface area contributed by atoms with Gasteiger partial charge in [-0.05, 0) is 37.8 Å². The number of amides is 2. The van der Waals surface area contributed by atoms with Crippen LogP contribution in [0.5, 0.6) is 0 Å². The molecule has 0 aromatic carbocycles. The zero-order valence-corrected chi connectivity index (χ0v) is 15.2. The summed E-state index contributed by atoms with van der Waals surface area (Å²) in [5.41, 5.74) is 1.45. The van der Waals surface area contributed by atoms with Crippen molar-refractivity contribution in [3.63, 3.8) is 0 Å². The lowest BCUT2D eigenvalue weighted by Crippen LogP contribution is -2.58. The average molecular weight is 345 g/mol. The number of nitrogens with one attached hydrogen (secondary N) is 1. The standard InChI is InChI=1S/C19H27N3O3/c1-13-7-8-20-10-15(13)18(24)22-9-5-4-6-14(11-22)21-17(23)16-19(2,3)12-25-16/h7-8,10,14,16H,4-6,9,11-12H2,1-3H3,(H,21,23). The van der Waals surface area contributed by atoms with Crippen molar-refractivity contribution < 1.29 is 14.3 Å². The van der Waals surface area contributed by atoms with Crippen molar-refractivity contribution >= 4 is 11.8 Å². The van der Waals surface area contributed by atoms with Crippen LogP contribution in [0.25, 0.3) is 0 Å². The van der Waals surface area contributed by atoms with Gasteiger partial charge in [-0.15, -0.1) is 0 Å². The predicted molar refractivity (Wildman–Crippen MR) is 94.2 cm³/mol. The van der Waals surface area contributed by atoms with Crippen molar-refractivity contribution in [3.05, 3.63) is 29.6 Å². The molecule has 25 heavy (non-hydrogen) atoms. The van der Waals surface area contributed by atoms with Crippen molar-refractivity contribution in [3.8, 4) is 0 Å². The molecule has 3 rings (SSSR count). The summed E-state index contributed by atoms with van der Waals surface area (Å²) < 4.78 is 5.44. The van der Waals surface area contributed by atoms with E-state index in [4.69, 9.17) is 4.74 Å². The molecule has 2 atom stereocenters. The summed E-state index contributed by atoms with van der Waals surface area (Å²) >= 11 is 0. The highest BCUT2D eigenvalue weighted by Crippen LogP contribution is 2.33. The molecule has 0 saturated carbocycles. The number of rotatable bonds is 3. The monoisotopic (exact) mass is 345 g/mol. The fourth-order valence-corrected chi connectivity index (χ4v) is 3.51. The van der Waals surface area contributed by atoms with E-state index in [1.165, 1.54) is 0 Å². The first-order valence-electron chi connectivity index (χ1n) is 9.00. The second-order valence-electron chi connectivity index (χ2n) is 7.82. The lowest BCUT2D eigenvalue weighted by Gasteiger charge is -2.43. The molecular weight excluding hydrogens is 318 g/mol. The van der Waals surface area contributed by atoms with E-state index < -0.39 is 0 Å². The van der Waals surface area contributed by atoms with Gasteiger partial charge in [0.05, 0.1) is 12.2 Å². The molecule has 1 aromatic heterocycles. The molecule has 0 bridgehead atoms. The van der Waals surface area contributed by atoms with Crippen LogP contribution < -0.4 is 5.32 Å². The molecule has 0 spiro atoms. The second kappa shape index (κ2) is 7.12. The maximum atomic E-state index is 12.9. The lowest BCUT2D eigenvalue weighted by atomic mass is 9.82. The molecule has 0 aliphatic carbocycles. The van der Waals surface area contributed by atoms with Crippen molar-refractivity contribution in [1.82, 2.24) is 15.2 Å². The van der Waals surface area contributed by atoms with Gasteiger partial charge in [-0.3, -0.25) is 14.6 Å². The van der Waals surface area contributed by atoms with E-state index in [1.807, 2.05) is 31.7 Å². The van der Waals surface area contributed by atoms with Crippen LogP contribution in [0, 0.1) is 12.3 Å². The molecule has 2 aliphatic rings. The van der Waals surface area contributed by atoms with Gasteiger partial charge in [0.25, 0.3) is 5.91 Å². The smallest absolute Gasteiger partial charge is 0.255 e. The Morgan fingerprint density at radius 2 is 2.16 bits per heavy atom. The minimum absolute atomic E-state index is 0.00743. The second-order valence-corrected chi connectivity index (χ2v) is 7.82. The Hall–Kier alpha value is -1.95. The van der Waals surface area contributed by atoms with Crippen LogP contribution in [-0.2, 0) is 9.53 Å². The number of ether oxygens (including phenoxy) is 1. The molecule has 2 saturated heterocycles. The normalized spacial score (nSPS) is 25.6. The SMILES string of the molecule is Cc1ccncc1C(=O)N1CCCCC(NC(=O)C2OCC2(C)C)C1. The quantitative estimate of drug-likeness (QED) is 0.909. The molecule has 2 fully saturated rings. The summed E-state index contributed by atoms with van der Waals surface area (Å²) in [7, 11) is 0. The third-order valence-electron chi connectivity index (χ3n) is 5.14. The first kappa shape index (κ1) is 17.9. The highest BCUT2D eigenvalue weighted by atomic mass is 16.5. The molecular formula is C19H27N3O3. The molecule has 136 valence electrons. The molecule has 3 heterocycles. The van der Waals surface area contributed by atoms with Crippen molar-refractivity contribution in [2.24, 2.45) is 5.41 Å². The molecule has 1 aromatic rings. The van der Waals surface area contributed by atoms with Gasteiger partial charge < -0.3 is 15.0 Å². The molecule has 1 N–H and O–H groups in total. The molecule has 0 radical (unpaired) electrons. The summed E-state index contributed by atoms with van der Waals surface area (Å²) in [5, 5.41) is 3.09. The minimum atomic E-state index is -0.388. The number of nitrogens with zero attached hydrogens (tertiary/aromatic N) is 2. The van der Waals surface area contributed by atoms with Crippen LogP contribution in [0.2, 0.25) is 0 Å². The summed E-state index contributed by atoms with van der Waals surface area (Å²) in [5.74, 6) is -0.0694. The highest BCUT2D eigenvalue weighted by molar-refractivity contribution is 5.95. The zero-order valence-electron chi connectivity index (χ0n) is 15.2. The third-order valence-corrected chi connectivity index (χ3v) is 5.14. The topological polar surface area (TPSA) is 71.5 Å². The van der Waals surface area contributed by atoms with E-state index in [9.17, 15) is 9.59 Å². The predicted octanol–water partition coefficient (Wildman–Crippen LogP) is 1.93. The lowest BCUT2D eigenvalue weighted by molar-refractivity contribution is -0.184. The van der Waals surface area contributed by atoms with E-state index >= 15 is 0 Å². The Balaban J connectivity index is 1.66. The maximum absolute atomic E-state index is 12.9. The van der Waals surface area contributed by atoms with Gasteiger partial charge in [0.2, 0.25) is 5.91 Å². The third kappa shape index (κ3) is 3.84. The van der Waals surface area contributed by atoms with Gasteiger partial charge in [-0.1, -0.05) is 13.8 Å². The Morgan fingerprint density at radius 3 is 2.80 bits per heavy atom. The Morgan fingerprint density at radius 1 is 1.36 bits per heavy atom. The van der Waals surface area contributed by atoms with Crippen LogP contribution >= 0.6 is 0 Å². The molecule has 2 aliphatic heterocycles. The van der Waals surface area contributed by atoms with E-state index in [0.717, 1.165) is 24.8 Å². The number of aryl methyl sites for hydroxylation is 1. The number of hydrogen-bond acceptors (Lipinski definition) is 4. The molecule has 6 heteroatoms. The van der Waals surface area contributed by atoms with E-state index in [0.29, 0.717) is 25.3 Å². The van der Waals surface area contributed by atoms with Gasteiger partial charge >= 0.3 is 0 Å². The van der Waals surface area contributed by atoms with Crippen LogP contribution in [0.15, 0.2) is 18.5 Å². The number of aromatic nitrogens is 1. The summed E-state index contributed by atoms with van der Waals surface area (Å²) in [6.07, 6.45) is 5.76. The largest absolute Gasteiger partial charge is 0.367 e. The van der Waals surface area contributed by atoms with E-state index in [-0.39, 0.29) is 29.4 Å². The number of likely N-dealkylation sites (tertiary alicyclic amines) is 1. The Labute approximate surface area is 148 Å². The average Bonchev–Trinajstić information content (AvgIpc) is 2.79. The summed E-state index contributed by atoms with van der Waals surface area (Å²) in [4.78, 5) is 31.2. The van der Waals surface area contributed by atoms with E-state index in [1.54, 1.807) is 12.4 Å². The Kier molecular flexibility index (Phi) is 5.08. The molecule has 2 unspecified atom stereocenters. The minimum Gasteiger partial charge on any atom is -0.367 e.